The van der Waals surface area contributed by atoms with Crippen LogP contribution in [-0.4, -0.2) is 25.9 Å². The second kappa shape index (κ2) is 6.94. The number of alkyl halides is 3. The van der Waals surface area contributed by atoms with Crippen molar-refractivity contribution in [1.82, 2.24) is 0 Å². The molecule has 0 radical (unpaired) electrons. The molecule has 1 aromatic rings. The maximum atomic E-state index is 13.3. The van der Waals surface area contributed by atoms with Crippen molar-refractivity contribution in [3.63, 3.8) is 0 Å². The fourth-order valence-corrected chi connectivity index (χ4v) is 1.55. The van der Waals surface area contributed by atoms with Crippen LogP contribution in [0.15, 0.2) is 22.7 Å². The van der Waals surface area contributed by atoms with Crippen LogP contribution in [0.5, 0.6) is 0 Å². The number of benzene rings is 1. The summed E-state index contributed by atoms with van der Waals surface area (Å²) in [5.41, 5.74) is 0.314. The van der Waals surface area contributed by atoms with Gasteiger partial charge in [-0.15, -0.1) is 0 Å². The summed E-state index contributed by atoms with van der Waals surface area (Å²) in [4.78, 5) is 0. The van der Waals surface area contributed by atoms with Gasteiger partial charge in [0.15, 0.2) is 0 Å². The topological polar surface area (TPSA) is 21.3 Å². The summed E-state index contributed by atoms with van der Waals surface area (Å²) in [5, 5.41) is 2.78. The maximum Gasteiger partial charge on any atom is 0.411 e. The van der Waals surface area contributed by atoms with E-state index >= 15 is 0 Å². The second-order valence-electron chi connectivity index (χ2n) is 3.57. The first-order valence-corrected chi connectivity index (χ1v) is 6.01. The third-order valence-corrected chi connectivity index (χ3v) is 2.47. The van der Waals surface area contributed by atoms with Gasteiger partial charge in [0.1, 0.15) is 12.4 Å². The van der Waals surface area contributed by atoms with Crippen molar-refractivity contribution in [2.75, 3.05) is 25.1 Å². The first-order chi connectivity index (χ1) is 8.38. The highest BCUT2D eigenvalue weighted by Gasteiger charge is 2.27. The fourth-order valence-electron chi connectivity index (χ4n) is 1.22. The van der Waals surface area contributed by atoms with Gasteiger partial charge >= 0.3 is 6.18 Å². The second-order valence-corrected chi connectivity index (χ2v) is 4.49. The molecule has 1 aromatic carbocycles. The molecular formula is C11H12BrF4NO. The molecule has 0 bridgehead atoms. The Balaban J connectivity index is 2.18. The average molecular weight is 330 g/mol. The summed E-state index contributed by atoms with van der Waals surface area (Å²) < 4.78 is 53.5. The summed E-state index contributed by atoms with van der Waals surface area (Å²) in [5.74, 6) is -0.416. The van der Waals surface area contributed by atoms with Gasteiger partial charge in [-0.2, -0.15) is 13.2 Å². The van der Waals surface area contributed by atoms with Gasteiger partial charge in [0.05, 0.1) is 5.69 Å². The summed E-state index contributed by atoms with van der Waals surface area (Å²) >= 11 is 3.12. The molecule has 2 nitrogen and oxygen atoms in total. The molecule has 0 atom stereocenters. The molecular weight excluding hydrogens is 318 g/mol. The lowest BCUT2D eigenvalue weighted by Crippen LogP contribution is -2.18. The summed E-state index contributed by atoms with van der Waals surface area (Å²) in [6.07, 6.45) is -3.93. The van der Waals surface area contributed by atoms with Crippen molar-refractivity contribution >= 4 is 21.6 Å². The average Bonchev–Trinajstić information content (AvgIpc) is 2.24. The van der Waals surface area contributed by atoms with Crippen molar-refractivity contribution in [1.29, 1.82) is 0 Å². The fraction of sp³-hybridized carbons (Fsp3) is 0.455. The van der Waals surface area contributed by atoms with Crippen molar-refractivity contribution in [3.05, 3.63) is 28.5 Å². The van der Waals surface area contributed by atoms with Crippen LogP contribution >= 0.6 is 15.9 Å². The van der Waals surface area contributed by atoms with Crippen molar-refractivity contribution in [2.45, 2.75) is 12.6 Å². The standard InChI is InChI=1S/C11H12BrF4NO/c12-8-2-3-10(9(13)6-8)17-4-1-5-18-7-11(14,15)16/h2-3,6,17H,1,4-5,7H2. The van der Waals surface area contributed by atoms with E-state index in [2.05, 4.69) is 26.0 Å². The quantitative estimate of drug-likeness (QED) is 0.630. The lowest BCUT2D eigenvalue weighted by Gasteiger charge is -2.09. The van der Waals surface area contributed by atoms with E-state index in [0.29, 0.717) is 23.1 Å². The van der Waals surface area contributed by atoms with Crippen LogP contribution in [-0.2, 0) is 4.74 Å². The number of hydrogen-bond acceptors (Lipinski definition) is 2. The third-order valence-electron chi connectivity index (χ3n) is 1.98. The lowest BCUT2D eigenvalue weighted by atomic mass is 10.3. The minimum atomic E-state index is -4.30. The van der Waals surface area contributed by atoms with E-state index in [1.165, 1.54) is 6.07 Å². The zero-order chi connectivity index (χ0) is 13.6. The Morgan fingerprint density at radius 3 is 2.61 bits per heavy atom. The molecule has 0 saturated carbocycles. The highest BCUT2D eigenvalue weighted by atomic mass is 79.9. The summed E-state index contributed by atoms with van der Waals surface area (Å²) in [6.45, 7) is -0.930. The Labute approximate surface area is 110 Å². The normalized spacial score (nSPS) is 11.6. The predicted octanol–water partition coefficient (Wildman–Crippen LogP) is 3.97. The summed E-state index contributed by atoms with van der Waals surface area (Å²) in [7, 11) is 0. The SMILES string of the molecule is Fc1cc(Br)ccc1NCCCOCC(F)(F)F. The number of nitrogens with one attached hydrogen (secondary N) is 1. The molecule has 0 spiro atoms. The van der Waals surface area contributed by atoms with Crippen LogP contribution < -0.4 is 5.32 Å². The van der Waals surface area contributed by atoms with Gasteiger partial charge < -0.3 is 10.1 Å². The lowest BCUT2D eigenvalue weighted by molar-refractivity contribution is -0.173. The molecule has 0 aromatic heterocycles. The van der Waals surface area contributed by atoms with E-state index in [1.54, 1.807) is 12.1 Å². The number of ether oxygens (including phenoxy) is 1. The molecule has 0 amide bonds. The molecule has 0 heterocycles. The third kappa shape index (κ3) is 6.20. The number of halogens is 5. The maximum absolute atomic E-state index is 13.3. The van der Waals surface area contributed by atoms with Crippen molar-refractivity contribution in [3.8, 4) is 0 Å². The largest absolute Gasteiger partial charge is 0.411 e. The zero-order valence-electron chi connectivity index (χ0n) is 9.36. The van der Waals surface area contributed by atoms with Crippen molar-refractivity contribution in [2.24, 2.45) is 0 Å². The molecule has 102 valence electrons. The van der Waals surface area contributed by atoms with E-state index < -0.39 is 18.6 Å². The van der Waals surface area contributed by atoms with E-state index in [1.807, 2.05) is 0 Å². The molecule has 0 saturated heterocycles. The van der Waals surface area contributed by atoms with Gasteiger partial charge in [-0.1, -0.05) is 15.9 Å². The Hall–Kier alpha value is -0.820. The van der Waals surface area contributed by atoms with E-state index in [0.717, 1.165) is 0 Å². The number of hydrogen-bond donors (Lipinski definition) is 1. The van der Waals surface area contributed by atoms with E-state index in [-0.39, 0.29) is 6.61 Å². The molecule has 0 fully saturated rings. The van der Waals surface area contributed by atoms with Crippen molar-refractivity contribution < 1.29 is 22.3 Å². The Bertz CT molecular complexity index is 384. The Morgan fingerprint density at radius 1 is 1.28 bits per heavy atom. The molecule has 0 aliphatic rings. The van der Waals surface area contributed by atoms with Crippen LogP contribution in [0.3, 0.4) is 0 Å². The predicted molar refractivity (Wildman–Crippen MR) is 64.1 cm³/mol. The molecule has 18 heavy (non-hydrogen) atoms. The van der Waals surface area contributed by atoms with Gasteiger partial charge in [-0.3, -0.25) is 0 Å². The minimum absolute atomic E-state index is 0.0232. The number of rotatable bonds is 6. The van der Waals surface area contributed by atoms with Gasteiger partial charge in [0.2, 0.25) is 0 Å². The minimum Gasteiger partial charge on any atom is -0.383 e. The molecule has 7 heteroatoms. The molecule has 0 unspecified atom stereocenters. The van der Waals surface area contributed by atoms with Crippen LogP contribution in [0.4, 0.5) is 23.2 Å². The van der Waals surface area contributed by atoms with Crippen LogP contribution in [0.25, 0.3) is 0 Å². The first-order valence-electron chi connectivity index (χ1n) is 5.22. The summed E-state index contributed by atoms with van der Waals surface area (Å²) in [6, 6.07) is 4.53. The van der Waals surface area contributed by atoms with Crippen LogP contribution in [0.2, 0.25) is 0 Å². The smallest absolute Gasteiger partial charge is 0.383 e. The molecule has 0 aliphatic heterocycles. The number of anilines is 1. The highest BCUT2D eigenvalue weighted by Crippen LogP contribution is 2.19. The van der Waals surface area contributed by atoms with E-state index in [9.17, 15) is 17.6 Å². The molecule has 1 rings (SSSR count). The molecule has 0 aliphatic carbocycles. The first kappa shape index (κ1) is 15.2. The van der Waals surface area contributed by atoms with E-state index in [4.69, 9.17) is 0 Å². The highest BCUT2D eigenvalue weighted by molar-refractivity contribution is 9.10. The zero-order valence-corrected chi connectivity index (χ0v) is 10.9. The monoisotopic (exact) mass is 329 g/mol. The van der Waals surface area contributed by atoms with Gasteiger partial charge in [-0.25, -0.2) is 4.39 Å². The van der Waals surface area contributed by atoms with Gasteiger partial charge in [-0.05, 0) is 24.6 Å². The Morgan fingerprint density at radius 2 is 2.00 bits per heavy atom. The van der Waals surface area contributed by atoms with Crippen LogP contribution in [0, 0.1) is 5.82 Å². The Kier molecular flexibility index (Phi) is 5.87. The van der Waals surface area contributed by atoms with Gasteiger partial charge in [0.25, 0.3) is 0 Å². The van der Waals surface area contributed by atoms with Crippen LogP contribution in [0.1, 0.15) is 6.42 Å². The molecule has 1 N–H and O–H groups in total. The van der Waals surface area contributed by atoms with Gasteiger partial charge in [0, 0.05) is 17.6 Å².